The van der Waals surface area contributed by atoms with Crippen molar-refractivity contribution in [3.05, 3.63) is 156 Å². The number of rotatable bonds is 13. The number of nitrogens with zero attached hydrogens (tertiary/aromatic N) is 7. The molecule has 3 heterocycles. The average Bonchev–Trinajstić information content (AvgIpc) is 4.49. The van der Waals surface area contributed by atoms with Crippen LogP contribution in [0, 0.1) is 0 Å². The van der Waals surface area contributed by atoms with E-state index in [1.165, 1.54) is 18.4 Å². The molecule has 0 aliphatic heterocycles. The van der Waals surface area contributed by atoms with E-state index in [4.69, 9.17) is 15.9 Å². The zero-order chi connectivity index (χ0) is 55.8. The molecule has 0 saturated heterocycles. The normalized spacial score (nSPS) is 13.8. The number of hydrogen-bond acceptors (Lipinski definition) is 9. The van der Waals surface area contributed by atoms with Gasteiger partial charge in [-0.05, 0) is 196 Å². The number of nitrogens with one attached hydrogen (secondary N) is 4. The predicted molar refractivity (Wildman–Crippen MR) is 325 cm³/mol. The molecule has 3 aromatic heterocycles. The molecule has 3 fully saturated rings. The van der Waals surface area contributed by atoms with Gasteiger partial charge < -0.3 is 31.9 Å². The second kappa shape index (κ2) is 23.2. The molecule has 0 spiro atoms. The van der Waals surface area contributed by atoms with E-state index in [0.29, 0.717) is 46.9 Å². The van der Waals surface area contributed by atoms with Crippen molar-refractivity contribution in [2.45, 2.75) is 77.0 Å². The summed E-state index contributed by atoms with van der Waals surface area (Å²) in [4.78, 5) is 52.0. The SMILES string of the molecule is CCN(C(C)=O)c1cc2nn(-c3ccc(Br)cc3)c(C(=O)NC)c2cc1C1CC1.CCNc1cc2nn(-c3ccc(Br)cc3)c(C(=O)NC)c2cc1C1CC1.CNC(=O)c1c2cc(C3CC3)c(N)cc2nn1-c1ccc(Br)cc1. The fourth-order valence-electron chi connectivity index (χ4n) is 10.1. The van der Waals surface area contributed by atoms with Crippen LogP contribution in [-0.2, 0) is 4.79 Å². The molecule has 9 aromatic rings. The summed E-state index contributed by atoms with van der Waals surface area (Å²) in [5, 5.41) is 28.3. The van der Waals surface area contributed by atoms with Crippen LogP contribution >= 0.6 is 47.8 Å². The lowest BCUT2D eigenvalue weighted by Crippen LogP contribution is -2.28. The Balaban J connectivity index is 0.000000134. The number of fused-ring (bicyclic) bond motifs is 3. The van der Waals surface area contributed by atoms with Crippen LogP contribution in [0.5, 0.6) is 0 Å². The van der Waals surface area contributed by atoms with Crippen molar-refractivity contribution in [3.63, 3.8) is 0 Å². The highest BCUT2D eigenvalue weighted by molar-refractivity contribution is 9.11. The number of aromatic nitrogens is 6. The Bertz CT molecular complexity index is 3800. The minimum Gasteiger partial charge on any atom is -0.398 e. The first kappa shape index (κ1) is 55.0. The lowest BCUT2D eigenvalue weighted by atomic mass is 10.0. The van der Waals surface area contributed by atoms with E-state index >= 15 is 0 Å². The van der Waals surface area contributed by atoms with Crippen molar-refractivity contribution in [3.8, 4) is 17.1 Å². The van der Waals surface area contributed by atoms with Crippen molar-refractivity contribution >= 4 is 121 Å². The molecule has 406 valence electrons. The second-order valence-electron chi connectivity index (χ2n) is 19.9. The van der Waals surface area contributed by atoms with Crippen LogP contribution in [0.2, 0.25) is 0 Å². The Morgan fingerprint density at radius 1 is 0.532 bits per heavy atom. The molecule has 0 unspecified atom stereocenters. The Morgan fingerprint density at radius 2 is 0.886 bits per heavy atom. The highest BCUT2D eigenvalue weighted by atomic mass is 79.9. The third-order valence-electron chi connectivity index (χ3n) is 14.5. The largest absolute Gasteiger partial charge is 0.398 e. The maximum atomic E-state index is 12.8. The smallest absolute Gasteiger partial charge is 0.270 e. The number of carbonyl (C=O) groups is 4. The van der Waals surface area contributed by atoms with E-state index in [0.717, 1.165) is 118 Å². The standard InChI is InChI=1S/C22H23BrN4O2.C20H21BrN4O.C18H17BrN4O/c1-4-26(13(2)28)20-12-19-18(11-17(20)14-5-6-14)21(22(29)24-3)27(25-19)16-9-7-15(23)8-10-16;1-3-23-17-11-18-16(10-15(17)12-4-5-12)19(20(26)22-2)25(24-18)14-8-6-13(21)7-9-14;1-21-18(24)17-14-8-13(10-2-3-10)15(20)9-16(14)22-23(17)12-6-4-11(19)5-7-12/h7-12,14H,4-6H2,1-3H3,(H,24,29);6-12,23H,3-5H2,1-2H3,(H,22,26);4-10H,2-3,20H2,1H3,(H,21,24). The van der Waals surface area contributed by atoms with Gasteiger partial charge in [-0.15, -0.1) is 0 Å². The molecule has 0 atom stereocenters. The molecule has 4 amide bonds. The molecule has 6 N–H and O–H groups in total. The van der Waals surface area contributed by atoms with E-state index in [-0.39, 0.29) is 23.6 Å². The molecule has 16 nitrogen and oxygen atoms in total. The summed E-state index contributed by atoms with van der Waals surface area (Å²) in [7, 11) is 4.91. The summed E-state index contributed by atoms with van der Waals surface area (Å²) in [6.07, 6.45) is 6.94. The van der Waals surface area contributed by atoms with Crippen LogP contribution in [0.15, 0.2) is 123 Å². The van der Waals surface area contributed by atoms with Crippen LogP contribution in [0.3, 0.4) is 0 Å². The maximum absolute atomic E-state index is 12.8. The van der Waals surface area contributed by atoms with Gasteiger partial charge in [0.1, 0.15) is 17.1 Å². The first-order valence-electron chi connectivity index (χ1n) is 26.6. The summed E-state index contributed by atoms with van der Waals surface area (Å²) in [6.45, 7) is 7.11. The van der Waals surface area contributed by atoms with Gasteiger partial charge in [-0.2, -0.15) is 15.3 Å². The van der Waals surface area contributed by atoms with Gasteiger partial charge in [-0.3, -0.25) is 19.2 Å². The summed E-state index contributed by atoms with van der Waals surface area (Å²) in [6, 6.07) is 35.4. The molecule has 0 radical (unpaired) electrons. The van der Waals surface area contributed by atoms with Crippen molar-refractivity contribution in [2.75, 3.05) is 50.2 Å². The van der Waals surface area contributed by atoms with Gasteiger partial charge in [-0.1, -0.05) is 47.8 Å². The summed E-state index contributed by atoms with van der Waals surface area (Å²) in [5.41, 5.74) is 18.9. The van der Waals surface area contributed by atoms with Gasteiger partial charge >= 0.3 is 0 Å². The Hall–Kier alpha value is -7.35. The lowest BCUT2D eigenvalue weighted by molar-refractivity contribution is -0.116. The number of benzene rings is 6. The lowest BCUT2D eigenvalue weighted by Gasteiger charge is -2.22. The Kier molecular flexibility index (Phi) is 16.1. The quantitative estimate of drug-likeness (QED) is 0.0697. The van der Waals surface area contributed by atoms with E-state index < -0.39 is 0 Å². The van der Waals surface area contributed by atoms with Gasteiger partial charge in [0.25, 0.3) is 17.7 Å². The monoisotopic (exact) mass is 1250 g/mol. The maximum Gasteiger partial charge on any atom is 0.270 e. The summed E-state index contributed by atoms with van der Waals surface area (Å²) < 4.78 is 8.03. The zero-order valence-corrected chi connectivity index (χ0v) is 49.5. The molecule has 0 bridgehead atoms. The number of halogens is 3. The van der Waals surface area contributed by atoms with E-state index in [1.54, 1.807) is 47.0 Å². The second-order valence-corrected chi connectivity index (χ2v) is 22.7. The van der Waals surface area contributed by atoms with Crippen molar-refractivity contribution in [1.29, 1.82) is 0 Å². The van der Waals surface area contributed by atoms with Crippen LogP contribution in [0.25, 0.3) is 49.8 Å². The predicted octanol–water partition coefficient (Wildman–Crippen LogP) is 12.5. The topological polar surface area (TPSA) is 199 Å². The van der Waals surface area contributed by atoms with E-state index in [9.17, 15) is 19.2 Å². The van der Waals surface area contributed by atoms with Crippen LogP contribution < -0.4 is 31.9 Å². The molecule has 3 aliphatic rings. The van der Waals surface area contributed by atoms with E-state index in [1.807, 2.05) is 97.9 Å². The third kappa shape index (κ3) is 11.4. The summed E-state index contributed by atoms with van der Waals surface area (Å²) >= 11 is 10.3. The number of anilines is 3. The molecular formula is C60H61Br3N12O4. The number of hydrogen-bond donors (Lipinski definition) is 5. The fourth-order valence-corrected chi connectivity index (χ4v) is 10.9. The van der Waals surface area contributed by atoms with Crippen LogP contribution in [0.1, 0.15) is 125 Å². The molecule has 79 heavy (non-hydrogen) atoms. The van der Waals surface area contributed by atoms with Crippen molar-refractivity contribution < 1.29 is 19.2 Å². The van der Waals surface area contributed by atoms with Gasteiger partial charge in [0.05, 0.1) is 33.6 Å². The molecule has 3 aliphatic carbocycles. The number of carbonyl (C=O) groups excluding carboxylic acids is 4. The van der Waals surface area contributed by atoms with Crippen molar-refractivity contribution in [1.82, 2.24) is 45.3 Å². The molecular weight excluding hydrogens is 1190 g/mol. The van der Waals surface area contributed by atoms with E-state index in [2.05, 4.69) is 99.3 Å². The Labute approximate surface area is 483 Å². The fraction of sp³-hybridized carbons (Fsp3) is 0.283. The average molecular weight is 1250 g/mol. The number of nitrogen functional groups attached to an aromatic ring is 1. The molecule has 6 aromatic carbocycles. The van der Waals surface area contributed by atoms with Gasteiger partial charge in [0, 0.05) is 87.8 Å². The number of nitrogens with two attached hydrogens (primary N) is 1. The first-order chi connectivity index (χ1) is 38.1. The minimum atomic E-state index is -0.191. The first-order valence-corrected chi connectivity index (χ1v) is 28.9. The minimum absolute atomic E-state index is 0.00705. The third-order valence-corrected chi connectivity index (χ3v) is 16.1. The number of amides is 4. The van der Waals surface area contributed by atoms with Crippen LogP contribution in [-0.4, -0.2) is 87.2 Å². The van der Waals surface area contributed by atoms with Crippen molar-refractivity contribution in [2.24, 2.45) is 0 Å². The van der Waals surface area contributed by atoms with Gasteiger partial charge in [0.15, 0.2) is 0 Å². The van der Waals surface area contributed by atoms with Gasteiger partial charge in [-0.25, -0.2) is 14.0 Å². The molecule has 3 saturated carbocycles. The Morgan fingerprint density at radius 3 is 1.25 bits per heavy atom. The summed E-state index contributed by atoms with van der Waals surface area (Å²) in [5.74, 6) is 1.05. The highest BCUT2D eigenvalue weighted by Gasteiger charge is 2.33. The molecule has 19 heteroatoms. The zero-order valence-electron chi connectivity index (χ0n) is 44.8. The van der Waals surface area contributed by atoms with Gasteiger partial charge in [0.2, 0.25) is 5.91 Å². The molecule has 12 rings (SSSR count). The van der Waals surface area contributed by atoms with Crippen LogP contribution in [0.4, 0.5) is 17.1 Å². The highest BCUT2D eigenvalue weighted by Crippen LogP contribution is 2.48.